The molecule has 0 spiro atoms. The summed E-state index contributed by atoms with van der Waals surface area (Å²) in [6, 6.07) is 6.63. The van der Waals surface area contributed by atoms with Gasteiger partial charge in [0.1, 0.15) is 0 Å². The fourth-order valence-electron chi connectivity index (χ4n) is 1.46. The molecule has 0 heterocycles. The van der Waals surface area contributed by atoms with Crippen LogP contribution in [0.5, 0.6) is 0 Å². The van der Waals surface area contributed by atoms with Crippen LogP contribution in [0.1, 0.15) is 43.4 Å². The lowest BCUT2D eigenvalue weighted by Crippen LogP contribution is -1.91. The molecule has 0 atom stereocenters. The molecule has 0 aliphatic carbocycles. The second kappa shape index (κ2) is 3.78. The van der Waals surface area contributed by atoms with Crippen LogP contribution < -0.4 is 0 Å². The van der Waals surface area contributed by atoms with Crippen molar-refractivity contribution < 1.29 is 0 Å². The maximum atomic E-state index is 3.99. The van der Waals surface area contributed by atoms with Gasteiger partial charge in [0.25, 0.3) is 0 Å². The summed E-state index contributed by atoms with van der Waals surface area (Å²) in [6.45, 7) is 12.6. The largest absolute Gasteiger partial charge is 0.0955 e. The Kier molecular flexibility index (Phi) is 2.92. The third-order valence-electron chi connectivity index (χ3n) is 2.39. The second-order valence-corrected chi connectivity index (χ2v) is 4.01. The highest BCUT2D eigenvalue weighted by molar-refractivity contribution is 5.65. The van der Waals surface area contributed by atoms with Gasteiger partial charge in [0.15, 0.2) is 0 Å². The minimum atomic E-state index is 0.596. The van der Waals surface area contributed by atoms with Crippen LogP contribution in [-0.4, -0.2) is 0 Å². The van der Waals surface area contributed by atoms with E-state index < -0.39 is 0 Å². The van der Waals surface area contributed by atoms with Gasteiger partial charge in [-0.25, -0.2) is 0 Å². The first-order chi connectivity index (χ1) is 6.02. The van der Waals surface area contributed by atoms with Gasteiger partial charge in [-0.05, 0) is 36.5 Å². The molecule has 0 saturated carbocycles. The molecule has 0 aliphatic rings. The van der Waals surface area contributed by atoms with Crippen molar-refractivity contribution in [3.05, 3.63) is 41.5 Å². The van der Waals surface area contributed by atoms with Crippen LogP contribution in [0.4, 0.5) is 0 Å². The Hall–Kier alpha value is -1.04. The Labute approximate surface area is 81.3 Å². The van der Waals surface area contributed by atoms with Crippen molar-refractivity contribution in [2.75, 3.05) is 0 Å². The van der Waals surface area contributed by atoms with E-state index in [2.05, 4.69) is 52.5 Å². The summed E-state index contributed by atoms with van der Waals surface area (Å²) in [5, 5.41) is 0. The number of allylic oxidation sites excluding steroid dienone is 1. The molecular weight excluding hydrogens is 156 g/mol. The fraction of sp³-hybridized carbons (Fsp3) is 0.385. The smallest absolute Gasteiger partial charge is 0.0201 e. The fourth-order valence-corrected chi connectivity index (χ4v) is 1.46. The average Bonchev–Trinajstić information content (AvgIpc) is 2.04. The lowest BCUT2D eigenvalue weighted by atomic mass is 9.95. The first-order valence-corrected chi connectivity index (χ1v) is 4.78. The van der Waals surface area contributed by atoms with E-state index in [0.717, 1.165) is 5.57 Å². The van der Waals surface area contributed by atoms with Crippen LogP contribution in [0, 0.1) is 6.92 Å². The molecule has 1 rings (SSSR count). The highest BCUT2D eigenvalue weighted by atomic mass is 14.1. The summed E-state index contributed by atoms with van der Waals surface area (Å²) in [6.07, 6.45) is 0. The van der Waals surface area contributed by atoms with E-state index in [0.29, 0.717) is 5.92 Å². The number of benzene rings is 1. The molecule has 0 unspecified atom stereocenters. The zero-order chi connectivity index (χ0) is 10.0. The van der Waals surface area contributed by atoms with E-state index in [1.54, 1.807) is 0 Å². The van der Waals surface area contributed by atoms with Gasteiger partial charge >= 0.3 is 0 Å². The van der Waals surface area contributed by atoms with E-state index in [9.17, 15) is 0 Å². The summed E-state index contributed by atoms with van der Waals surface area (Å²) in [4.78, 5) is 0. The van der Waals surface area contributed by atoms with Crippen molar-refractivity contribution >= 4 is 5.57 Å². The minimum absolute atomic E-state index is 0.596. The molecule has 0 amide bonds. The van der Waals surface area contributed by atoms with E-state index in [1.807, 2.05) is 0 Å². The molecule has 0 heteroatoms. The molecule has 0 nitrogen and oxygen atoms in total. The second-order valence-electron chi connectivity index (χ2n) is 4.01. The quantitative estimate of drug-likeness (QED) is 0.631. The molecule has 0 radical (unpaired) electrons. The van der Waals surface area contributed by atoms with Gasteiger partial charge in [0.05, 0.1) is 0 Å². The number of hydrogen-bond donors (Lipinski definition) is 0. The Morgan fingerprint density at radius 1 is 1.31 bits per heavy atom. The molecule has 0 bridgehead atoms. The zero-order valence-electron chi connectivity index (χ0n) is 9.02. The molecule has 0 N–H and O–H groups in total. The van der Waals surface area contributed by atoms with Gasteiger partial charge in [-0.3, -0.25) is 0 Å². The van der Waals surface area contributed by atoms with Crippen LogP contribution in [0.3, 0.4) is 0 Å². The van der Waals surface area contributed by atoms with Gasteiger partial charge < -0.3 is 0 Å². The molecule has 1 aromatic rings. The predicted octanol–water partition coefficient (Wildman–Crippen LogP) is 4.15. The Morgan fingerprint density at radius 3 is 2.38 bits per heavy atom. The molecule has 0 aliphatic heterocycles. The topological polar surface area (TPSA) is 0 Å². The Balaban J connectivity index is 3.19. The zero-order valence-corrected chi connectivity index (χ0v) is 9.02. The van der Waals surface area contributed by atoms with Crippen LogP contribution in [0.15, 0.2) is 24.8 Å². The highest BCUT2D eigenvalue weighted by Gasteiger charge is 2.03. The van der Waals surface area contributed by atoms with Crippen LogP contribution in [0.25, 0.3) is 5.57 Å². The molecular formula is C13H18. The van der Waals surface area contributed by atoms with E-state index in [4.69, 9.17) is 0 Å². The summed E-state index contributed by atoms with van der Waals surface area (Å²) in [5.74, 6) is 0.596. The van der Waals surface area contributed by atoms with Crippen molar-refractivity contribution in [2.24, 2.45) is 0 Å². The molecule has 0 fully saturated rings. The summed E-state index contributed by atoms with van der Waals surface area (Å²) in [7, 11) is 0. The first kappa shape index (κ1) is 10.0. The monoisotopic (exact) mass is 174 g/mol. The average molecular weight is 174 g/mol. The number of hydrogen-bond acceptors (Lipinski definition) is 0. The minimum Gasteiger partial charge on any atom is -0.0955 e. The third-order valence-corrected chi connectivity index (χ3v) is 2.39. The standard InChI is InChI=1S/C13H18/c1-9(2)12-7-6-11(5)13(8-12)10(3)4/h6-9H,3H2,1-2,4-5H3. The van der Waals surface area contributed by atoms with Gasteiger partial charge in [0.2, 0.25) is 0 Å². The first-order valence-electron chi connectivity index (χ1n) is 4.78. The van der Waals surface area contributed by atoms with Crippen molar-refractivity contribution in [3.8, 4) is 0 Å². The van der Waals surface area contributed by atoms with E-state index in [-0.39, 0.29) is 0 Å². The van der Waals surface area contributed by atoms with Gasteiger partial charge in [0, 0.05) is 0 Å². The van der Waals surface area contributed by atoms with Crippen molar-refractivity contribution in [1.82, 2.24) is 0 Å². The summed E-state index contributed by atoms with van der Waals surface area (Å²) in [5.41, 5.74) is 5.16. The Morgan fingerprint density at radius 2 is 1.92 bits per heavy atom. The SMILES string of the molecule is C=C(C)c1cc(C(C)C)ccc1C. The van der Waals surface area contributed by atoms with Crippen LogP contribution >= 0.6 is 0 Å². The predicted molar refractivity (Wildman–Crippen MR) is 60.0 cm³/mol. The molecule has 0 saturated heterocycles. The third kappa shape index (κ3) is 2.21. The molecule has 13 heavy (non-hydrogen) atoms. The van der Waals surface area contributed by atoms with Crippen molar-refractivity contribution in [1.29, 1.82) is 0 Å². The Bertz CT molecular complexity index is 319. The maximum absolute atomic E-state index is 3.99. The lowest BCUT2D eigenvalue weighted by molar-refractivity contribution is 0.865. The van der Waals surface area contributed by atoms with Crippen LogP contribution in [0.2, 0.25) is 0 Å². The molecule has 70 valence electrons. The van der Waals surface area contributed by atoms with Crippen molar-refractivity contribution in [3.63, 3.8) is 0 Å². The normalized spacial score (nSPS) is 10.5. The summed E-state index contributed by atoms with van der Waals surface area (Å²) < 4.78 is 0. The lowest BCUT2D eigenvalue weighted by Gasteiger charge is -2.10. The van der Waals surface area contributed by atoms with Crippen LogP contribution in [-0.2, 0) is 0 Å². The maximum Gasteiger partial charge on any atom is -0.0201 e. The summed E-state index contributed by atoms with van der Waals surface area (Å²) >= 11 is 0. The molecule has 1 aromatic carbocycles. The van der Waals surface area contributed by atoms with Gasteiger partial charge in [-0.2, -0.15) is 0 Å². The van der Waals surface area contributed by atoms with E-state index in [1.165, 1.54) is 16.7 Å². The van der Waals surface area contributed by atoms with Gasteiger partial charge in [-0.1, -0.05) is 44.2 Å². The molecule has 0 aromatic heterocycles. The van der Waals surface area contributed by atoms with Gasteiger partial charge in [-0.15, -0.1) is 0 Å². The number of rotatable bonds is 2. The van der Waals surface area contributed by atoms with Crippen molar-refractivity contribution in [2.45, 2.75) is 33.6 Å². The van der Waals surface area contributed by atoms with E-state index >= 15 is 0 Å². The highest BCUT2D eigenvalue weighted by Crippen LogP contribution is 2.22. The number of aryl methyl sites for hydroxylation is 1.